The fraction of sp³-hybridized carbons (Fsp3) is 0.167. The zero-order valence-electron chi connectivity index (χ0n) is 9.51. The van der Waals surface area contributed by atoms with Crippen molar-refractivity contribution >= 4 is 6.09 Å². The summed E-state index contributed by atoms with van der Waals surface area (Å²) in [7, 11) is 0. The molecule has 94 valence electrons. The summed E-state index contributed by atoms with van der Waals surface area (Å²) in [5.74, 6) is 0.344. The largest absolute Gasteiger partial charge is 0.445 e. The number of hydrogen-bond donors (Lipinski definition) is 2. The molecule has 0 aliphatic heterocycles. The van der Waals surface area contributed by atoms with Crippen LogP contribution in [0, 0.1) is 0 Å². The minimum absolute atomic E-state index is 0.104. The van der Waals surface area contributed by atoms with E-state index in [1.807, 2.05) is 30.3 Å². The van der Waals surface area contributed by atoms with Gasteiger partial charge in [0.2, 0.25) is 0 Å². The summed E-state index contributed by atoms with van der Waals surface area (Å²) in [6.45, 7) is 0.302. The Labute approximate surface area is 103 Å². The van der Waals surface area contributed by atoms with Crippen molar-refractivity contribution in [1.82, 2.24) is 10.5 Å². The Morgan fingerprint density at radius 3 is 2.78 bits per heavy atom. The molecule has 0 atom stereocenters. The normalized spacial score (nSPS) is 10.0. The zero-order valence-corrected chi connectivity index (χ0v) is 9.51. The van der Waals surface area contributed by atoms with Crippen LogP contribution in [0.4, 0.5) is 4.79 Å². The highest BCUT2D eigenvalue weighted by atomic mass is 16.5. The van der Waals surface area contributed by atoms with Crippen molar-refractivity contribution in [3.05, 3.63) is 58.1 Å². The lowest BCUT2D eigenvalue weighted by atomic mass is 10.2. The van der Waals surface area contributed by atoms with Crippen LogP contribution in [0.5, 0.6) is 0 Å². The van der Waals surface area contributed by atoms with Gasteiger partial charge in [0.05, 0.1) is 6.54 Å². The fourth-order valence-corrected chi connectivity index (χ4v) is 1.34. The van der Waals surface area contributed by atoms with E-state index in [-0.39, 0.29) is 18.7 Å². The van der Waals surface area contributed by atoms with Gasteiger partial charge in [-0.3, -0.25) is 4.79 Å². The maximum Gasteiger partial charge on any atom is 0.407 e. The quantitative estimate of drug-likeness (QED) is 0.856. The molecular formula is C12H12N2O4. The third kappa shape index (κ3) is 3.51. The summed E-state index contributed by atoms with van der Waals surface area (Å²) in [5, 5.41) is 4.60. The molecule has 1 aromatic heterocycles. The van der Waals surface area contributed by atoms with Crippen LogP contribution < -0.4 is 10.9 Å². The number of hydrogen-bond acceptors (Lipinski definition) is 4. The van der Waals surface area contributed by atoms with E-state index in [4.69, 9.17) is 9.26 Å². The summed E-state index contributed by atoms with van der Waals surface area (Å²) >= 11 is 0. The molecule has 18 heavy (non-hydrogen) atoms. The number of aromatic nitrogens is 1. The summed E-state index contributed by atoms with van der Waals surface area (Å²) < 4.78 is 9.75. The van der Waals surface area contributed by atoms with Gasteiger partial charge in [-0.25, -0.2) is 4.79 Å². The van der Waals surface area contributed by atoms with Gasteiger partial charge in [0.15, 0.2) is 5.76 Å². The van der Waals surface area contributed by atoms with Crippen LogP contribution in [0.3, 0.4) is 0 Å². The smallest absolute Gasteiger partial charge is 0.407 e. The van der Waals surface area contributed by atoms with E-state index in [2.05, 4.69) is 10.5 Å². The van der Waals surface area contributed by atoms with Crippen molar-refractivity contribution < 1.29 is 14.1 Å². The number of amides is 1. The molecule has 0 radical (unpaired) electrons. The summed E-state index contributed by atoms with van der Waals surface area (Å²) in [6.07, 6.45) is -0.567. The minimum atomic E-state index is -0.567. The van der Waals surface area contributed by atoms with Gasteiger partial charge < -0.3 is 14.6 Å². The number of benzene rings is 1. The first-order chi connectivity index (χ1) is 8.74. The van der Waals surface area contributed by atoms with E-state index >= 15 is 0 Å². The third-order valence-corrected chi connectivity index (χ3v) is 2.19. The average molecular weight is 248 g/mol. The fourth-order valence-electron chi connectivity index (χ4n) is 1.34. The number of ether oxygens (including phenoxy) is 1. The van der Waals surface area contributed by atoms with Gasteiger partial charge in [-0.2, -0.15) is 5.16 Å². The number of aromatic amines is 1. The molecule has 1 amide bonds. The van der Waals surface area contributed by atoms with E-state index < -0.39 is 6.09 Å². The van der Waals surface area contributed by atoms with Crippen LogP contribution in [0.25, 0.3) is 0 Å². The molecule has 0 unspecified atom stereocenters. The predicted molar refractivity (Wildman–Crippen MR) is 62.8 cm³/mol. The Kier molecular flexibility index (Phi) is 3.80. The molecule has 0 saturated heterocycles. The molecule has 0 aliphatic rings. The maximum absolute atomic E-state index is 11.3. The molecule has 0 saturated carbocycles. The van der Waals surface area contributed by atoms with Crippen molar-refractivity contribution in [2.75, 3.05) is 0 Å². The third-order valence-electron chi connectivity index (χ3n) is 2.19. The number of rotatable bonds is 4. The molecule has 1 heterocycles. The van der Waals surface area contributed by atoms with Crippen LogP contribution in [0.15, 0.2) is 45.7 Å². The summed E-state index contributed by atoms with van der Waals surface area (Å²) in [4.78, 5) is 22.1. The van der Waals surface area contributed by atoms with Crippen LogP contribution in [-0.2, 0) is 17.9 Å². The van der Waals surface area contributed by atoms with E-state index in [1.165, 1.54) is 6.07 Å². The molecule has 6 heteroatoms. The number of carbonyl (C=O) groups excluding carboxylic acids is 1. The molecule has 2 N–H and O–H groups in total. The lowest BCUT2D eigenvalue weighted by Crippen LogP contribution is -2.23. The van der Waals surface area contributed by atoms with Crippen LogP contribution in [-0.4, -0.2) is 11.2 Å². The Bertz CT molecular complexity index is 559. The predicted octanol–water partition coefficient (Wildman–Crippen LogP) is 1.39. The molecule has 2 aromatic rings. The van der Waals surface area contributed by atoms with Gasteiger partial charge in [0, 0.05) is 6.07 Å². The minimum Gasteiger partial charge on any atom is -0.445 e. The van der Waals surface area contributed by atoms with Crippen molar-refractivity contribution in [2.24, 2.45) is 0 Å². The van der Waals surface area contributed by atoms with E-state index in [0.29, 0.717) is 5.76 Å². The van der Waals surface area contributed by atoms with Gasteiger partial charge in [0.1, 0.15) is 6.61 Å². The van der Waals surface area contributed by atoms with Gasteiger partial charge >= 0.3 is 6.09 Å². The van der Waals surface area contributed by atoms with E-state index in [1.54, 1.807) is 0 Å². The summed E-state index contributed by atoms with van der Waals surface area (Å²) in [6, 6.07) is 10.6. The van der Waals surface area contributed by atoms with Crippen LogP contribution in [0.1, 0.15) is 11.3 Å². The van der Waals surface area contributed by atoms with Gasteiger partial charge in [-0.15, -0.1) is 0 Å². The zero-order chi connectivity index (χ0) is 12.8. The SMILES string of the molecule is O=C(NCc1cc(=O)[nH]o1)OCc1ccccc1. The second-order valence-corrected chi connectivity index (χ2v) is 3.59. The second kappa shape index (κ2) is 5.72. The molecule has 2 rings (SSSR count). The maximum atomic E-state index is 11.3. The van der Waals surface area contributed by atoms with E-state index in [0.717, 1.165) is 5.56 Å². The lowest BCUT2D eigenvalue weighted by molar-refractivity contribution is 0.138. The topological polar surface area (TPSA) is 84.3 Å². The Morgan fingerprint density at radius 1 is 1.33 bits per heavy atom. The first-order valence-electron chi connectivity index (χ1n) is 5.36. The molecule has 0 fully saturated rings. The first-order valence-corrected chi connectivity index (χ1v) is 5.36. The van der Waals surface area contributed by atoms with Gasteiger partial charge in [-0.1, -0.05) is 30.3 Å². The molecule has 6 nitrogen and oxygen atoms in total. The highest BCUT2D eigenvalue weighted by Crippen LogP contribution is 2.00. The van der Waals surface area contributed by atoms with Crippen molar-refractivity contribution in [3.63, 3.8) is 0 Å². The van der Waals surface area contributed by atoms with Crippen LogP contribution in [0.2, 0.25) is 0 Å². The van der Waals surface area contributed by atoms with Gasteiger partial charge in [0.25, 0.3) is 5.56 Å². The standard InChI is InChI=1S/C12H12N2O4/c15-11-6-10(18-14-11)7-13-12(16)17-8-9-4-2-1-3-5-9/h1-6H,7-8H2,(H,13,16)(H,14,15). The Morgan fingerprint density at radius 2 is 2.11 bits per heavy atom. The number of H-pyrrole nitrogens is 1. The Hall–Kier alpha value is -2.50. The highest BCUT2D eigenvalue weighted by Gasteiger charge is 2.05. The van der Waals surface area contributed by atoms with E-state index in [9.17, 15) is 9.59 Å². The molecule has 0 bridgehead atoms. The molecule has 0 spiro atoms. The van der Waals surface area contributed by atoms with Gasteiger partial charge in [-0.05, 0) is 5.56 Å². The van der Waals surface area contributed by atoms with Crippen LogP contribution >= 0.6 is 0 Å². The number of nitrogens with one attached hydrogen (secondary N) is 2. The molecular weight excluding hydrogens is 236 g/mol. The lowest BCUT2D eigenvalue weighted by Gasteiger charge is -2.05. The Balaban J connectivity index is 1.74. The number of alkyl carbamates (subject to hydrolysis) is 1. The monoisotopic (exact) mass is 248 g/mol. The molecule has 1 aromatic carbocycles. The summed E-state index contributed by atoms with van der Waals surface area (Å²) in [5.41, 5.74) is 0.560. The van der Waals surface area contributed by atoms with Crippen molar-refractivity contribution in [3.8, 4) is 0 Å². The molecule has 0 aliphatic carbocycles. The average Bonchev–Trinajstić information content (AvgIpc) is 2.81. The first kappa shape index (κ1) is 12.0. The van der Waals surface area contributed by atoms with Crippen molar-refractivity contribution in [1.29, 1.82) is 0 Å². The highest BCUT2D eigenvalue weighted by molar-refractivity contribution is 5.67. The second-order valence-electron chi connectivity index (χ2n) is 3.59. The van der Waals surface area contributed by atoms with Crippen molar-refractivity contribution in [2.45, 2.75) is 13.2 Å². The number of carbonyl (C=O) groups is 1.